The number of sulfonamides is 1. The number of carbonyl (C=O) groups excluding carboxylic acids is 1. The van der Waals surface area contributed by atoms with Gasteiger partial charge in [-0.2, -0.15) is 4.31 Å². The molecule has 0 bridgehead atoms. The maximum atomic E-state index is 12.8. The molecule has 0 atom stereocenters. The molecule has 10 heteroatoms. The van der Waals surface area contributed by atoms with E-state index in [1.54, 1.807) is 50.2 Å². The third-order valence-electron chi connectivity index (χ3n) is 4.71. The number of nitrogens with zero attached hydrogens (tertiary/aromatic N) is 2. The minimum Gasteiger partial charge on any atom is -0.378 e. The zero-order valence-electron chi connectivity index (χ0n) is 18.4. The van der Waals surface area contributed by atoms with Crippen LogP contribution >= 0.6 is 12.2 Å². The Balaban J connectivity index is 2.09. The van der Waals surface area contributed by atoms with E-state index in [-0.39, 0.29) is 15.9 Å². The van der Waals surface area contributed by atoms with Crippen LogP contribution in [-0.4, -0.2) is 50.9 Å². The number of benzene rings is 2. The average Bonchev–Trinajstić information content (AvgIpc) is 2.74. The fourth-order valence-corrected chi connectivity index (χ4v) is 4.52. The highest BCUT2D eigenvalue weighted by Gasteiger charge is 2.22. The first-order valence-corrected chi connectivity index (χ1v) is 11.7. The summed E-state index contributed by atoms with van der Waals surface area (Å²) in [4.78, 5) is 14.5. The van der Waals surface area contributed by atoms with Gasteiger partial charge in [0.1, 0.15) is 0 Å². The van der Waals surface area contributed by atoms with Crippen LogP contribution in [0.4, 0.5) is 11.4 Å². The Morgan fingerprint density at radius 2 is 1.71 bits per heavy atom. The molecule has 0 spiro atoms. The van der Waals surface area contributed by atoms with Gasteiger partial charge in [0.15, 0.2) is 5.11 Å². The first-order chi connectivity index (χ1) is 14.6. The Morgan fingerprint density at radius 1 is 1.03 bits per heavy atom. The van der Waals surface area contributed by atoms with Gasteiger partial charge >= 0.3 is 0 Å². The molecule has 0 saturated heterocycles. The van der Waals surface area contributed by atoms with Gasteiger partial charge in [-0.25, -0.2) is 8.42 Å². The lowest BCUT2D eigenvalue weighted by molar-refractivity contribution is 0.0944. The minimum absolute atomic E-state index is 0.137. The van der Waals surface area contributed by atoms with Crippen LogP contribution in [0.15, 0.2) is 47.4 Å². The maximum absolute atomic E-state index is 12.8. The van der Waals surface area contributed by atoms with Crippen LogP contribution in [0.5, 0.6) is 0 Å². The average molecular weight is 464 g/mol. The summed E-state index contributed by atoms with van der Waals surface area (Å²) in [6.07, 6.45) is 0. The molecule has 0 saturated carbocycles. The molecule has 2 aromatic carbocycles. The van der Waals surface area contributed by atoms with Gasteiger partial charge in [-0.15, -0.1) is 0 Å². The smallest absolute Gasteiger partial charge is 0.269 e. The minimum atomic E-state index is -3.59. The molecule has 8 nitrogen and oxygen atoms in total. The molecule has 3 N–H and O–H groups in total. The van der Waals surface area contributed by atoms with Gasteiger partial charge in [-0.3, -0.25) is 15.6 Å². The second-order valence-corrected chi connectivity index (χ2v) is 9.39. The summed E-state index contributed by atoms with van der Waals surface area (Å²) >= 11 is 5.26. The SMILES string of the molecule is CCN(CC)S(=O)(=O)c1ccc(C)c(NC(=S)NNC(=O)c2cccc(N(C)C)c2)c1. The molecule has 0 heterocycles. The van der Waals surface area contributed by atoms with E-state index in [2.05, 4.69) is 16.2 Å². The quantitative estimate of drug-likeness (QED) is 0.429. The van der Waals surface area contributed by atoms with Crippen molar-refractivity contribution in [1.82, 2.24) is 15.2 Å². The van der Waals surface area contributed by atoms with Crippen LogP contribution in [0.1, 0.15) is 29.8 Å². The summed E-state index contributed by atoms with van der Waals surface area (Å²) in [7, 11) is 0.195. The Bertz CT molecular complexity index is 1050. The van der Waals surface area contributed by atoms with Crippen molar-refractivity contribution in [3.63, 3.8) is 0 Å². The van der Waals surface area contributed by atoms with Gasteiger partial charge in [0.2, 0.25) is 10.0 Å². The largest absolute Gasteiger partial charge is 0.378 e. The highest BCUT2D eigenvalue weighted by molar-refractivity contribution is 7.89. The molecular formula is C21H29N5O3S2. The summed E-state index contributed by atoms with van der Waals surface area (Å²) < 4.78 is 26.9. The van der Waals surface area contributed by atoms with E-state index >= 15 is 0 Å². The first kappa shape index (κ1) is 24.6. The predicted octanol–water partition coefficient (Wildman–Crippen LogP) is 2.72. The Kier molecular flexibility index (Phi) is 8.37. The number of rotatable bonds is 7. The van der Waals surface area contributed by atoms with Crippen LogP contribution < -0.4 is 21.1 Å². The van der Waals surface area contributed by atoms with Gasteiger partial charge < -0.3 is 10.2 Å². The molecule has 0 aromatic heterocycles. The van der Waals surface area contributed by atoms with Crippen LogP contribution in [0.25, 0.3) is 0 Å². The molecular weight excluding hydrogens is 434 g/mol. The fraction of sp³-hybridized carbons (Fsp3) is 0.333. The standard InChI is InChI=1S/C21H29N5O3S2/c1-6-26(7-2)31(28,29)18-12-11-15(3)19(14-18)22-21(30)24-23-20(27)16-9-8-10-17(13-16)25(4)5/h8-14H,6-7H2,1-5H3,(H,23,27)(H2,22,24,30). The lowest BCUT2D eigenvalue weighted by Crippen LogP contribution is -2.43. The Hall–Kier alpha value is -2.69. The first-order valence-electron chi connectivity index (χ1n) is 9.85. The third kappa shape index (κ3) is 6.16. The maximum Gasteiger partial charge on any atom is 0.269 e. The summed E-state index contributed by atoms with van der Waals surface area (Å²) in [5, 5.41) is 3.09. The number of hydrogen-bond acceptors (Lipinski definition) is 5. The van der Waals surface area contributed by atoms with E-state index in [1.165, 1.54) is 4.31 Å². The van der Waals surface area contributed by atoms with Crippen LogP contribution in [0.3, 0.4) is 0 Å². The van der Waals surface area contributed by atoms with Crippen molar-refractivity contribution in [2.45, 2.75) is 25.7 Å². The number of anilines is 2. The zero-order chi connectivity index (χ0) is 23.2. The molecule has 1 amide bonds. The third-order valence-corrected chi connectivity index (χ3v) is 6.96. The van der Waals surface area contributed by atoms with Crippen LogP contribution in [0.2, 0.25) is 0 Å². The number of hydrogen-bond donors (Lipinski definition) is 3. The zero-order valence-corrected chi connectivity index (χ0v) is 20.0. The van der Waals surface area contributed by atoms with Gasteiger partial charge in [-0.05, 0) is 55.0 Å². The van der Waals surface area contributed by atoms with Crippen molar-refractivity contribution < 1.29 is 13.2 Å². The summed E-state index contributed by atoms with van der Waals surface area (Å²) in [6, 6.07) is 12.0. The van der Waals surface area contributed by atoms with Crippen LogP contribution in [0, 0.1) is 6.92 Å². The summed E-state index contributed by atoms with van der Waals surface area (Å²) in [6.45, 7) is 6.20. The number of aryl methyl sites for hydroxylation is 1. The molecule has 0 fully saturated rings. The molecule has 168 valence electrons. The van der Waals surface area contributed by atoms with E-state index in [1.807, 2.05) is 32.0 Å². The van der Waals surface area contributed by atoms with E-state index < -0.39 is 10.0 Å². The Labute approximate surface area is 189 Å². The molecule has 2 rings (SSSR count). The highest BCUT2D eigenvalue weighted by Crippen LogP contribution is 2.23. The predicted molar refractivity (Wildman–Crippen MR) is 129 cm³/mol. The molecule has 2 aromatic rings. The molecule has 31 heavy (non-hydrogen) atoms. The van der Waals surface area contributed by atoms with Gasteiger partial charge in [0.05, 0.1) is 4.90 Å². The van der Waals surface area contributed by atoms with Gasteiger partial charge in [-0.1, -0.05) is 26.0 Å². The second kappa shape index (κ2) is 10.6. The highest BCUT2D eigenvalue weighted by atomic mass is 32.2. The van der Waals surface area contributed by atoms with Crippen molar-refractivity contribution in [3.05, 3.63) is 53.6 Å². The monoisotopic (exact) mass is 463 g/mol. The van der Waals surface area contributed by atoms with Crippen molar-refractivity contribution in [2.75, 3.05) is 37.4 Å². The van der Waals surface area contributed by atoms with Gasteiger partial charge in [0.25, 0.3) is 5.91 Å². The molecule has 0 aliphatic heterocycles. The lowest BCUT2D eigenvalue weighted by Gasteiger charge is -2.20. The number of nitrogens with one attached hydrogen (secondary N) is 3. The fourth-order valence-electron chi connectivity index (χ4n) is 2.87. The van der Waals surface area contributed by atoms with Crippen molar-refractivity contribution >= 4 is 44.6 Å². The normalized spacial score (nSPS) is 11.2. The van der Waals surface area contributed by atoms with Gasteiger partial charge in [0, 0.05) is 44.1 Å². The summed E-state index contributed by atoms with van der Waals surface area (Å²) in [5.41, 5.74) is 7.93. The second-order valence-electron chi connectivity index (χ2n) is 7.04. The van der Waals surface area contributed by atoms with Crippen LogP contribution in [-0.2, 0) is 10.0 Å². The lowest BCUT2D eigenvalue weighted by atomic mass is 10.2. The van der Waals surface area contributed by atoms with E-state index in [0.717, 1.165) is 11.3 Å². The molecule has 0 unspecified atom stereocenters. The topological polar surface area (TPSA) is 93.8 Å². The van der Waals surface area contributed by atoms with E-state index in [0.29, 0.717) is 24.3 Å². The van der Waals surface area contributed by atoms with Crippen molar-refractivity contribution in [3.8, 4) is 0 Å². The number of hydrazine groups is 1. The summed E-state index contributed by atoms with van der Waals surface area (Å²) in [5.74, 6) is -0.345. The van der Waals surface area contributed by atoms with E-state index in [9.17, 15) is 13.2 Å². The number of carbonyl (C=O) groups is 1. The van der Waals surface area contributed by atoms with E-state index in [4.69, 9.17) is 12.2 Å². The van der Waals surface area contributed by atoms with Crippen molar-refractivity contribution in [1.29, 1.82) is 0 Å². The van der Waals surface area contributed by atoms with Crippen molar-refractivity contribution in [2.24, 2.45) is 0 Å². The Morgan fingerprint density at radius 3 is 2.32 bits per heavy atom. The molecule has 0 aliphatic rings. The number of thiocarbonyl (C=S) groups is 1. The number of amides is 1. The molecule has 0 aliphatic carbocycles. The molecule has 0 radical (unpaired) electrons.